The van der Waals surface area contributed by atoms with Crippen LogP contribution in [0.2, 0.25) is 0 Å². The van der Waals surface area contributed by atoms with Crippen molar-refractivity contribution in [1.82, 2.24) is 0 Å². The minimum atomic E-state index is -0.601. The molecule has 0 aliphatic rings. The summed E-state index contributed by atoms with van der Waals surface area (Å²) in [5.41, 5.74) is 8.04. The first-order chi connectivity index (χ1) is 31.5. The van der Waals surface area contributed by atoms with Crippen LogP contribution in [0.5, 0.6) is 69.0 Å². The molecule has 0 saturated carbocycles. The topological polar surface area (TPSA) is 283 Å². The molecular weight excluding hydrogens is 849 g/mol. The van der Waals surface area contributed by atoms with Crippen molar-refractivity contribution >= 4 is 0 Å². The van der Waals surface area contributed by atoms with Gasteiger partial charge in [0, 0.05) is 13.2 Å². The zero-order valence-corrected chi connectivity index (χ0v) is 36.4. The van der Waals surface area contributed by atoms with Gasteiger partial charge in [-0.15, -0.1) is 0 Å². The monoisotopic (exact) mass is 906 g/mol. The lowest BCUT2D eigenvalue weighted by Crippen LogP contribution is -2.24. The predicted molar refractivity (Wildman–Crippen MR) is 246 cm³/mol. The van der Waals surface area contributed by atoms with Gasteiger partial charge in [-0.3, -0.25) is 0 Å². The predicted octanol–water partition coefficient (Wildman–Crippen LogP) is 7.08. The molecule has 6 aromatic rings. The van der Waals surface area contributed by atoms with Gasteiger partial charge in [-0.25, -0.2) is 0 Å². The number of phenolic OH excluding ortho intramolecular Hbond substituents is 12. The van der Waals surface area contributed by atoms with Crippen LogP contribution in [-0.4, -0.2) is 84.7 Å². The van der Waals surface area contributed by atoms with E-state index in [0.29, 0.717) is 99.3 Å². The zero-order valence-electron chi connectivity index (χ0n) is 36.4. The van der Waals surface area contributed by atoms with E-state index in [1.165, 1.54) is 48.5 Å². The van der Waals surface area contributed by atoms with E-state index in [2.05, 4.69) is 12.1 Å². The highest BCUT2D eigenvalue weighted by molar-refractivity contribution is 5.54. The molecule has 350 valence electrons. The second kappa shape index (κ2) is 21.7. The minimum Gasteiger partial charge on any atom is -0.504 e. The van der Waals surface area contributed by atoms with Gasteiger partial charge in [0.1, 0.15) is 0 Å². The van der Waals surface area contributed by atoms with Crippen molar-refractivity contribution in [2.75, 3.05) is 13.2 Å². The molecule has 0 heterocycles. The SMILES string of the molecule is OCCC[C@@H](Cc1cc(CCc2cc(O)c(O)c(O)c2)cc(CCc2cc(O)c(O)c(O)c2)c1)[C@@H](CO)Cc1cc(CCc2cc(O)c(O)c(O)c2)cc(CCc2cc(O)c(O)c(O)c2)c1. The van der Waals surface area contributed by atoms with Crippen molar-refractivity contribution in [3.05, 3.63) is 141 Å². The number of hydrogen-bond acceptors (Lipinski definition) is 14. The molecule has 0 fully saturated rings. The largest absolute Gasteiger partial charge is 0.504 e. The number of aromatic hydroxyl groups is 12. The molecule has 14 N–H and O–H groups in total. The fraction of sp³-hybridized carbons (Fsp3) is 0.308. The summed E-state index contributed by atoms with van der Waals surface area (Å²) >= 11 is 0. The highest BCUT2D eigenvalue weighted by atomic mass is 16.3. The number of aliphatic hydroxyl groups excluding tert-OH is 2. The maximum Gasteiger partial charge on any atom is 0.200 e. The first-order valence-electron chi connectivity index (χ1n) is 21.9. The van der Waals surface area contributed by atoms with Crippen LogP contribution in [0.4, 0.5) is 0 Å². The summed E-state index contributed by atoms with van der Waals surface area (Å²) in [5.74, 6) is -6.27. The molecule has 2 atom stereocenters. The molecule has 0 unspecified atom stereocenters. The quantitative estimate of drug-likeness (QED) is 0.0322. The molecule has 0 amide bonds. The lowest BCUT2D eigenvalue weighted by Gasteiger charge is -2.27. The van der Waals surface area contributed by atoms with Crippen molar-refractivity contribution in [3.8, 4) is 69.0 Å². The third-order valence-corrected chi connectivity index (χ3v) is 12.2. The standard InChI is InChI=1S/C52H58O14/c53-11-1-2-39(18-37-14-29(3-7-33-20-41(55)49(63)42(56)21-33)12-30(15-37)4-8-34-22-43(57)50(64)44(58)23-34)40(28-54)19-38-16-31(5-9-35-24-45(59)51(65)46(60)25-35)13-32(17-38)6-10-36-26-47(61)52(66)48(62)27-36/h12-17,20-27,39-40,53-66H,1-11,18-19,28H2/t39-,40+/m0/s1. The van der Waals surface area contributed by atoms with Crippen LogP contribution in [0.1, 0.15) is 68.5 Å². The van der Waals surface area contributed by atoms with Crippen LogP contribution < -0.4 is 0 Å². The highest BCUT2D eigenvalue weighted by Crippen LogP contribution is 2.39. The molecule has 0 aliphatic heterocycles. The molecule has 0 aliphatic carbocycles. The van der Waals surface area contributed by atoms with Crippen LogP contribution in [0.15, 0.2) is 84.9 Å². The Labute approximate surface area is 382 Å². The van der Waals surface area contributed by atoms with Gasteiger partial charge in [0.05, 0.1) is 0 Å². The number of rotatable bonds is 21. The summed E-state index contributed by atoms with van der Waals surface area (Å²) in [6.07, 6.45) is 5.70. The third-order valence-electron chi connectivity index (χ3n) is 12.2. The maximum absolute atomic E-state index is 11.1. The Kier molecular flexibility index (Phi) is 15.9. The Morgan fingerprint density at radius 3 is 0.712 bits per heavy atom. The molecule has 0 spiro atoms. The molecule has 0 bridgehead atoms. The summed E-state index contributed by atoms with van der Waals surface area (Å²) < 4.78 is 0. The van der Waals surface area contributed by atoms with Gasteiger partial charge in [0.2, 0.25) is 0 Å². The zero-order chi connectivity index (χ0) is 47.7. The molecule has 0 saturated heterocycles. The third kappa shape index (κ3) is 12.5. The normalized spacial score (nSPS) is 12.3. The molecule has 6 rings (SSSR count). The van der Waals surface area contributed by atoms with Crippen LogP contribution in [-0.2, 0) is 64.2 Å². The van der Waals surface area contributed by atoms with Gasteiger partial charge >= 0.3 is 0 Å². The summed E-state index contributed by atoms with van der Waals surface area (Å²) in [6, 6.07) is 23.4. The number of benzene rings is 6. The molecule has 14 nitrogen and oxygen atoms in total. The van der Waals surface area contributed by atoms with E-state index >= 15 is 0 Å². The minimum absolute atomic E-state index is 0.0526. The van der Waals surface area contributed by atoms with E-state index in [4.69, 9.17) is 0 Å². The Morgan fingerprint density at radius 1 is 0.273 bits per heavy atom. The van der Waals surface area contributed by atoms with Gasteiger partial charge < -0.3 is 71.5 Å². The number of phenols is 12. The fourth-order valence-corrected chi connectivity index (χ4v) is 8.71. The van der Waals surface area contributed by atoms with Gasteiger partial charge in [-0.05, 0) is 193 Å². The van der Waals surface area contributed by atoms with Crippen molar-refractivity contribution in [1.29, 1.82) is 0 Å². The van der Waals surface area contributed by atoms with Crippen molar-refractivity contribution < 1.29 is 71.5 Å². The summed E-state index contributed by atoms with van der Waals surface area (Å²) in [6.45, 7) is -0.217. The second-order valence-electron chi connectivity index (χ2n) is 17.2. The van der Waals surface area contributed by atoms with Crippen molar-refractivity contribution in [3.63, 3.8) is 0 Å². The molecule has 66 heavy (non-hydrogen) atoms. The van der Waals surface area contributed by atoms with Crippen LogP contribution >= 0.6 is 0 Å². The molecule has 0 aromatic heterocycles. The van der Waals surface area contributed by atoms with E-state index in [1.807, 2.05) is 24.3 Å². The van der Waals surface area contributed by atoms with Crippen molar-refractivity contribution in [2.24, 2.45) is 11.8 Å². The van der Waals surface area contributed by atoms with Gasteiger partial charge in [0.15, 0.2) is 69.0 Å². The van der Waals surface area contributed by atoms with E-state index in [9.17, 15) is 71.5 Å². The first-order valence-corrected chi connectivity index (χ1v) is 21.9. The molecule has 6 aromatic carbocycles. The Hall–Kier alpha value is -7.16. The second-order valence-corrected chi connectivity index (χ2v) is 17.2. The number of hydrogen-bond donors (Lipinski definition) is 14. The Balaban J connectivity index is 1.29. The van der Waals surface area contributed by atoms with Gasteiger partial charge in [0.25, 0.3) is 0 Å². The van der Waals surface area contributed by atoms with Crippen LogP contribution in [0.3, 0.4) is 0 Å². The smallest absolute Gasteiger partial charge is 0.200 e. The summed E-state index contributed by atoms with van der Waals surface area (Å²) in [5, 5.41) is 142. The van der Waals surface area contributed by atoms with Gasteiger partial charge in [-0.2, -0.15) is 0 Å². The number of aliphatic hydroxyl groups is 2. The summed E-state index contributed by atoms with van der Waals surface area (Å²) in [7, 11) is 0. The van der Waals surface area contributed by atoms with Crippen LogP contribution in [0.25, 0.3) is 0 Å². The molecule has 0 radical (unpaired) electrons. The van der Waals surface area contributed by atoms with Crippen LogP contribution in [0, 0.1) is 11.8 Å². The van der Waals surface area contributed by atoms with Gasteiger partial charge in [-0.1, -0.05) is 36.4 Å². The average molecular weight is 907 g/mol. The van der Waals surface area contributed by atoms with E-state index in [0.717, 1.165) is 33.4 Å². The maximum atomic E-state index is 11.1. The average Bonchev–Trinajstić information content (AvgIpc) is 3.28. The molecule has 14 heteroatoms. The van der Waals surface area contributed by atoms with E-state index in [1.54, 1.807) is 0 Å². The lowest BCUT2D eigenvalue weighted by molar-refractivity contribution is 0.158. The van der Waals surface area contributed by atoms with E-state index < -0.39 is 69.0 Å². The molecular formula is C52H58O14. The highest BCUT2D eigenvalue weighted by Gasteiger charge is 2.23. The van der Waals surface area contributed by atoms with E-state index in [-0.39, 0.29) is 25.0 Å². The fourth-order valence-electron chi connectivity index (χ4n) is 8.71. The lowest BCUT2D eigenvalue weighted by atomic mass is 9.79. The summed E-state index contributed by atoms with van der Waals surface area (Å²) in [4.78, 5) is 0. The number of aryl methyl sites for hydroxylation is 8. The van der Waals surface area contributed by atoms with Crippen molar-refractivity contribution in [2.45, 2.75) is 77.0 Å². The Bertz CT molecular complexity index is 2390. The first kappa shape index (κ1) is 48.3. The Morgan fingerprint density at radius 2 is 0.485 bits per heavy atom.